The number of rotatable bonds is 1. The Morgan fingerprint density at radius 1 is 1.24 bits per heavy atom. The molecule has 4 nitrogen and oxygen atoms in total. The first-order valence-corrected chi connectivity index (χ1v) is 5.70. The molecule has 1 heterocycles. The average Bonchev–Trinajstić information content (AvgIpc) is 2.38. The molecule has 2 unspecified atom stereocenters. The van der Waals surface area contributed by atoms with Gasteiger partial charge in [-0.15, -0.1) is 0 Å². The van der Waals surface area contributed by atoms with Crippen LogP contribution in [0.1, 0.15) is 25.8 Å². The lowest BCUT2D eigenvalue weighted by Gasteiger charge is -2.27. The van der Waals surface area contributed by atoms with Gasteiger partial charge in [-0.2, -0.15) is 0 Å². The molecule has 0 saturated carbocycles. The van der Waals surface area contributed by atoms with Crippen LogP contribution in [0.4, 0.5) is 0 Å². The van der Waals surface area contributed by atoms with Gasteiger partial charge in [0.1, 0.15) is 5.54 Å². The summed E-state index contributed by atoms with van der Waals surface area (Å²) in [6.07, 6.45) is 0.314. The monoisotopic (exact) mass is 232 g/mol. The fraction of sp³-hybridized carbons (Fsp3) is 0.385. The van der Waals surface area contributed by atoms with Crippen LogP contribution in [0.5, 0.6) is 0 Å². The van der Waals surface area contributed by atoms with Crippen molar-refractivity contribution in [3.63, 3.8) is 0 Å². The van der Waals surface area contributed by atoms with Crippen LogP contribution in [0.15, 0.2) is 30.3 Å². The topological polar surface area (TPSA) is 58.2 Å². The lowest BCUT2D eigenvalue weighted by atomic mass is 9.91. The number of nitrogens with one attached hydrogen (secondary N) is 2. The Kier molecular flexibility index (Phi) is 2.88. The average molecular weight is 232 g/mol. The molecular weight excluding hydrogens is 216 g/mol. The van der Waals surface area contributed by atoms with Gasteiger partial charge in [-0.25, -0.2) is 0 Å². The first kappa shape index (κ1) is 11.6. The van der Waals surface area contributed by atoms with Crippen LogP contribution in [0.25, 0.3) is 0 Å². The summed E-state index contributed by atoms with van der Waals surface area (Å²) in [6.45, 7) is 3.56. The summed E-state index contributed by atoms with van der Waals surface area (Å²) in [6, 6.07) is 9.15. The lowest BCUT2D eigenvalue weighted by molar-refractivity contribution is -0.131. The summed E-state index contributed by atoms with van der Waals surface area (Å²) in [7, 11) is 0. The lowest BCUT2D eigenvalue weighted by Crippen LogP contribution is -2.51. The zero-order valence-electron chi connectivity index (χ0n) is 9.99. The second kappa shape index (κ2) is 4.20. The molecule has 0 bridgehead atoms. The highest BCUT2D eigenvalue weighted by Gasteiger charge is 2.39. The van der Waals surface area contributed by atoms with Crippen LogP contribution in [-0.2, 0) is 15.1 Å². The van der Waals surface area contributed by atoms with Crippen molar-refractivity contribution in [3.8, 4) is 0 Å². The van der Waals surface area contributed by atoms with E-state index in [1.807, 2.05) is 37.3 Å². The zero-order chi connectivity index (χ0) is 12.5. The molecule has 0 radical (unpaired) electrons. The normalized spacial score (nSPS) is 29.2. The van der Waals surface area contributed by atoms with Gasteiger partial charge in [-0.1, -0.05) is 30.3 Å². The van der Waals surface area contributed by atoms with Crippen molar-refractivity contribution in [2.75, 3.05) is 0 Å². The van der Waals surface area contributed by atoms with E-state index in [1.54, 1.807) is 6.92 Å². The number of carbonyl (C=O) groups is 2. The first-order valence-electron chi connectivity index (χ1n) is 5.70. The van der Waals surface area contributed by atoms with Crippen molar-refractivity contribution in [1.29, 1.82) is 0 Å². The molecule has 2 atom stereocenters. The SMILES string of the molecule is CC1CC(=O)NC(C)(c2ccccc2)C(=O)N1. The van der Waals surface area contributed by atoms with E-state index in [-0.39, 0.29) is 17.9 Å². The summed E-state index contributed by atoms with van der Waals surface area (Å²) < 4.78 is 0. The van der Waals surface area contributed by atoms with Crippen LogP contribution in [-0.4, -0.2) is 17.9 Å². The Balaban J connectivity index is 2.40. The number of carbonyl (C=O) groups excluding carboxylic acids is 2. The summed E-state index contributed by atoms with van der Waals surface area (Å²) in [5.74, 6) is -0.274. The molecule has 2 rings (SSSR count). The van der Waals surface area contributed by atoms with Crippen molar-refractivity contribution in [1.82, 2.24) is 10.6 Å². The third kappa shape index (κ3) is 2.16. The Morgan fingerprint density at radius 2 is 1.88 bits per heavy atom. The summed E-state index contributed by atoms with van der Waals surface area (Å²) in [5, 5.41) is 5.64. The Labute approximate surface area is 100 Å². The van der Waals surface area contributed by atoms with Crippen molar-refractivity contribution >= 4 is 11.8 Å². The molecule has 1 saturated heterocycles. The molecular formula is C13H16N2O2. The quantitative estimate of drug-likeness (QED) is 0.756. The van der Waals surface area contributed by atoms with Crippen molar-refractivity contribution < 1.29 is 9.59 Å². The summed E-state index contributed by atoms with van der Waals surface area (Å²) in [5.41, 5.74) is -0.191. The highest BCUT2D eigenvalue weighted by atomic mass is 16.2. The molecule has 2 N–H and O–H groups in total. The zero-order valence-corrected chi connectivity index (χ0v) is 9.99. The number of hydrogen-bond donors (Lipinski definition) is 2. The summed E-state index contributed by atoms with van der Waals surface area (Å²) >= 11 is 0. The van der Waals surface area contributed by atoms with Gasteiger partial charge in [-0.05, 0) is 19.4 Å². The predicted octanol–water partition coefficient (Wildman–Crippen LogP) is 0.926. The van der Waals surface area contributed by atoms with Gasteiger partial charge in [0.25, 0.3) is 0 Å². The molecule has 1 fully saturated rings. The van der Waals surface area contributed by atoms with Gasteiger partial charge in [0.05, 0.1) is 0 Å². The minimum atomic E-state index is -0.983. The number of hydrogen-bond acceptors (Lipinski definition) is 2. The smallest absolute Gasteiger partial charge is 0.250 e. The molecule has 1 aromatic carbocycles. The number of benzene rings is 1. The van der Waals surface area contributed by atoms with E-state index in [0.717, 1.165) is 5.56 Å². The van der Waals surface area contributed by atoms with E-state index in [1.165, 1.54) is 0 Å². The van der Waals surface area contributed by atoms with E-state index < -0.39 is 5.54 Å². The highest BCUT2D eigenvalue weighted by Crippen LogP contribution is 2.23. The molecule has 1 aliphatic rings. The molecule has 1 aliphatic heterocycles. The van der Waals surface area contributed by atoms with Gasteiger partial charge < -0.3 is 10.6 Å². The fourth-order valence-corrected chi connectivity index (χ4v) is 2.06. The Morgan fingerprint density at radius 3 is 2.53 bits per heavy atom. The van der Waals surface area contributed by atoms with Gasteiger partial charge in [0, 0.05) is 12.5 Å². The van der Waals surface area contributed by atoms with Gasteiger partial charge in [0.2, 0.25) is 11.8 Å². The Hall–Kier alpha value is -1.84. The predicted molar refractivity (Wildman–Crippen MR) is 64.2 cm³/mol. The van der Waals surface area contributed by atoms with Crippen molar-refractivity contribution in [3.05, 3.63) is 35.9 Å². The van der Waals surface area contributed by atoms with Crippen LogP contribution in [0.2, 0.25) is 0 Å². The second-order valence-corrected chi connectivity index (χ2v) is 4.62. The highest BCUT2D eigenvalue weighted by molar-refractivity contribution is 5.94. The maximum atomic E-state index is 12.2. The third-order valence-corrected chi connectivity index (χ3v) is 3.06. The maximum Gasteiger partial charge on any atom is 0.250 e. The fourth-order valence-electron chi connectivity index (χ4n) is 2.06. The van der Waals surface area contributed by atoms with Gasteiger partial charge in [0.15, 0.2) is 0 Å². The summed E-state index contributed by atoms with van der Waals surface area (Å²) in [4.78, 5) is 23.9. The molecule has 0 spiro atoms. The largest absolute Gasteiger partial charge is 0.351 e. The van der Waals surface area contributed by atoms with Crippen molar-refractivity contribution in [2.24, 2.45) is 0 Å². The molecule has 17 heavy (non-hydrogen) atoms. The van der Waals surface area contributed by atoms with E-state index in [0.29, 0.717) is 6.42 Å². The van der Waals surface area contributed by atoms with E-state index >= 15 is 0 Å². The minimum absolute atomic E-state index is 0.109. The standard InChI is InChI=1S/C13H16N2O2/c1-9-8-11(16)15-13(2,12(17)14-9)10-6-4-3-5-7-10/h3-7,9H,8H2,1-2H3,(H,14,17)(H,15,16). The Bertz CT molecular complexity index is 444. The van der Waals surface area contributed by atoms with Gasteiger partial charge in [-0.3, -0.25) is 9.59 Å². The van der Waals surface area contributed by atoms with Crippen LogP contribution in [0.3, 0.4) is 0 Å². The number of amides is 2. The molecule has 0 aromatic heterocycles. The molecule has 4 heteroatoms. The first-order chi connectivity index (χ1) is 8.02. The van der Waals surface area contributed by atoms with E-state index in [9.17, 15) is 9.59 Å². The minimum Gasteiger partial charge on any atom is -0.351 e. The molecule has 1 aromatic rings. The second-order valence-electron chi connectivity index (χ2n) is 4.62. The van der Waals surface area contributed by atoms with E-state index in [4.69, 9.17) is 0 Å². The maximum absolute atomic E-state index is 12.2. The van der Waals surface area contributed by atoms with Crippen LogP contribution >= 0.6 is 0 Å². The third-order valence-electron chi connectivity index (χ3n) is 3.06. The van der Waals surface area contributed by atoms with E-state index in [2.05, 4.69) is 10.6 Å². The van der Waals surface area contributed by atoms with Crippen LogP contribution in [0, 0.1) is 0 Å². The van der Waals surface area contributed by atoms with Gasteiger partial charge >= 0.3 is 0 Å². The molecule has 90 valence electrons. The molecule has 2 amide bonds. The van der Waals surface area contributed by atoms with Crippen molar-refractivity contribution in [2.45, 2.75) is 31.8 Å². The molecule has 0 aliphatic carbocycles. The van der Waals surface area contributed by atoms with Crippen LogP contribution < -0.4 is 10.6 Å².